The average Bonchev–Trinajstić information content (AvgIpc) is 2.17. The third-order valence-electron chi connectivity index (χ3n) is 1.50. The minimum Gasteiger partial charge on any atom is -0.462 e. The zero-order valence-corrected chi connectivity index (χ0v) is 8.62. The highest BCUT2D eigenvalue weighted by atomic mass is 32.1. The highest BCUT2D eigenvalue weighted by molar-refractivity contribution is 7.79. The molecule has 76 valence electrons. The lowest BCUT2D eigenvalue weighted by Gasteiger charge is -2.04. The molecule has 1 heterocycles. The summed E-state index contributed by atoms with van der Waals surface area (Å²) in [6.45, 7) is 2.02. The molecule has 0 aliphatic heterocycles. The van der Waals surface area contributed by atoms with Crippen molar-refractivity contribution in [2.75, 3.05) is 12.3 Å². The van der Waals surface area contributed by atoms with E-state index < -0.39 is 5.97 Å². The lowest BCUT2D eigenvalue weighted by molar-refractivity contribution is 0.0526. The molecular weight excluding hydrogens is 202 g/mol. The first-order chi connectivity index (χ1) is 6.69. The van der Waals surface area contributed by atoms with E-state index in [0.717, 1.165) is 0 Å². The topological polar surface area (TPSA) is 78.1 Å². The van der Waals surface area contributed by atoms with Crippen LogP contribution >= 0.6 is 12.6 Å². The molecule has 0 saturated carbocycles. The second-order valence-electron chi connectivity index (χ2n) is 2.46. The standard InChI is InChI=1S/C8H11N3O2S/c1-2-13-8(12)5-3-10-6(4-14)11-7(5)9/h3,14H,2,4H2,1H3,(H2,9,10,11). The van der Waals surface area contributed by atoms with Crippen molar-refractivity contribution < 1.29 is 9.53 Å². The van der Waals surface area contributed by atoms with Crippen LogP contribution < -0.4 is 5.73 Å². The predicted octanol–water partition coefficient (Wildman–Crippen LogP) is 0.665. The van der Waals surface area contributed by atoms with Gasteiger partial charge in [-0.15, -0.1) is 0 Å². The molecule has 0 fully saturated rings. The second kappa shape index (κ2) is 4.80. The largest absolute Gasteiger partial charge is 0.462 e. The first kappa shape index (κ1) is 10.8. The Balaban J connectivity index is 2.94. The third kappa shape index (κ3) is 2.35. The molecule has 2 N–H and O–H groups in total. The summed E-state index contributed by atoms with van der Waals surface area (Å²) in [5.74, 6) is 0.491. The molecule has 0 aliphatic rings. The summed E-state index contributed by atoms with van der Waals surface area (Å²) in [4.78, 5) is 19.0. The van der Waals surface area contributed by atoms with Crippen molar-refractivity contribution >= 4 is 24.4 Å². The minimum absolute atomic E-state index is 0.127. The van der Waals surface area contributed by atoms with Gasteiger partial charge in [-0.25, -0.2) is 14.8 Å². The summed E-state index contributed by atoms with van der Waals surface area (Å²) in [5, 5.41) is 0. The Morgan fingerprint density at radius 3 is 2.93 bits per heavy atom. The monoisotopic (exact) mass is 213 g/mol. The van der Waals surface area contributed by atoms with E-state index in [0.29, 0.717) is 18.2 Å². The van der Waals surface area contributed by atoms with Gasteiger partial charge < -0.3 is 10.5 Å². The summed E-state index contributed by atoms with van der Waals surface area (Å²) in [6.07, 6.45) is 1.35. The maximum atomic E-state index is 11.3. The molecular formula is C8H11N3O2S. The van der Waals surface area contributed by atoms with E-state index >= 15 is 0 Å². The summed E-state index contributed by atoms with van der Waals surface area (Å²) < 4.78 is 4.76. The van der Waals surface area contributed by atoms with Crippen molar-refractivity contribution in [2.45, 2.75) is 12.7 Å². The van der Waals surface area contributed by atoms with Gasteiger partial charge in [0.25, 0.3) is 0 Å². The van der Waals surface area contributed by atoms with Crippen molar-refractivity contribution in [3.05, 3.63) is 17.6 Å². The fourth-order valence-electron chi connectivity index (χ4n) is 0.876. The summed E-state index contributed by atoms with van der Waals surface area (Å²) >= 11 is 3.99. The average molecular weight is 213 g/mol. The van der Waals surface area contributed by atoms with Crippen LogP contribution in [0.15, 0.2) is 6.20 Å². The van der Waals surface area contributed by atoms with Gasteiger partial charge in [0.05, 0.1) is 12.4 Å². The van der Waals surface area contributed by atoms with Crippen LogP contribution in [-0.4, -0.2) is 22.5 Å². The number of thiol groups is 1. The molecule has 0 aliphatic carbocycles. The molecule has 1 rings (SSSR count). The molecule has 0 bridgehead atoms. The van der Waals surface area contributed by atoms with Gasteiger partial charge in [0, 0.05) is 6.20 Å². The van der Waals surface area contributed by atoms with Crippen molar-refractivity contribution in [1.29, 1.82) is 0 Å². The van der Waals surface area contributed by atoms with Crippen LogP contribution in [0, 0.1) is 0 Å². The Labute approximate surface area is 87.1 Å². The molecule has 0 saturated heterocycles. The molecule has 1 aromatic rings. The van der Waals surface area contributed by atoms with E-state index in [1.54, 1.807) is 6.92 Å². The van der Waals surface area contributed by atoms with E-state index in [2.05, 4.69) is 22.6 Å². The number of carbonyl (C=O) groups excluding carboxylic acids is 1. The zero-order valence-electron chi connectivity index (χ0n) is 7.73. The van der Waals surface area contributed by atoms with Crippen LogP contribution in [0.1, 0.15) is 23.1 Å². The number of nitrogens with two attached hydrogens (primary N) is 1. The molecule has 0 atom stereocenters. The predicted molar refractivity (Wildman–Crippen MR) is 55.1 cm³/mol. The number of anilines is 1. The van der Waals surface area contributed by atoms with Crippen molar-refractivity contribution in [3.8, 4) is 0 Å². The number of carbonyl (C=O) groups is 1. The van der Waals surface area contributed by atoms with Crippen LogP contribution in [0.3, 0.4) is 0 Å². The van der Waals surface area contributed by atoms with Gasteiger partial charge in [0.2, 0.25) is 0 Å². The van der Waals surface area contributed by atoms with Gasteiger partial charge in [-0.2, -0.15) is 12.6 Å². The van der Waals surface area contributed by atoms with Gasteiger partial charge in [-0.3, -0.25) is 0 Å². The van der Waals surface area contributed by atoms with Crippen LogP contribution in [0.25, 0.3) is 0 Å². The fourth-order valence-corrected chi connectivity index (χ4v) is 1.03. The van der Waals surface area contributed by atoms with Gasteiger partial charge in [0.15, 0.2) is 0 Å². The molecule has 1 aromatic heterocycles. The highest BCUT2D eigenvalue weighted by Gasteiger charge is 2.12. The number of esters is 1. The van der Waals surface area contributed by atoms with E-state index in [1.165, 1.54) is 6.20 Å². The number of ether oxygens (including phenoxy) is 1. The third-order valence-corrected chi connectivity index (χ3v) is 1.79. The number of aromatic nitrogens is 2. The first-order valence-corrected chi connectivity index (χ1v) is 4.71. The Kier molecular flexibility index (Phi) is 3.70. The normalized spacial score (nSPS) is 9.86. The molecule has 0 spiro atoms. The molecule has 0 amide bonds. The van der Waals surface area contributed by atoms with Gasteiger partial charge in [0.1, 0.15) is 17.2 Å². The summed E-state index contributed by atoms with van der Waals surface area (Å²) in [5.41, 5.74) is 5.73. The summed E-state index contributed by atoms with van der Waals surface area (Å²) in [7, 11) is 0. The maximum Gasteiger partial charge on any atom is 0.343 e. The van der Waals surface area contributed by atoms with Gasteiger partial charge in [-0.05, 0) is 6.92 Å². The first-order valence-electron chi connectivity index (χ1n) is 4.08. The molecule has 0 aromatic carbocycles. The number of hydrogen-bond donors (Lipinski definition) is 2. The number of nitrogens with zero attached hydrogens (tertiary/aromatic N) is 2. The molecule has 0 unspecified atom stereocenters. The van der Waals surface area contributed by atoms with E-state index in [4.69, 9.17) is 10.5 Å². The van der Waals surface area contributed by atoms with Crippen LogP contribution in [0.4, 0.5) is 5.82 Å². The highest BCUT2D eigenvalue weighted by Crippen LogP contribution is 2.09. The SMILES string of the molecule is CCOC(=O)c1cnc(CS)nc1N. The number of nitrogen functional groups attached to an aromatic ring is 1. The van der Waals surface area contributed by atoms with Crippen molar-refractivity contribution in [2.24, 2.45) is 0 Å². The Morgan fingerprint density at radius 1 is 1.71 bits per heavy atom. The van der Waals surface area contributed by atoms with E-state index in [-0.39, 0.29) is 11.4 Å². The molecule has 6 heteroatoms. The van der Waals surface area contributed by atoms with Crippen LogP contribution in [0.5, 0.6) is 0 Å². The Bertz CT molecular complexity index is 343. The van der Waals surface area contributed by atoms with Gasteiger partial charge >= 0.3 is 5.97 Å². The number of hydrogen-bond acceptors (Lipinski definition) is 6. The van der Waals surface area contributed by atoms with Crippen molar-refractivity contribution in [3.63, 3.8) is 0 Å². The Hall–Kier alpha value is -1.30. The van der Waals surface area contributed by atoms with Crippen LogP contribution in [-0.2, 0) is 10.5 Å². The Morgan fingerprint density at radius 2 is 2.43 bits per heavy atom. The maximum absolute atomic E-state index is 11.3. The minimum atomic E-state index is -0.504. The second-order valence-corrected chi connectivity index (χ2v) is 2.78. The van der Waals surface area contributed by atoms with E-state index in [1.807, 2.05) is 0 Å². The molecule has 5 nitrogen and oxygen atoms in total. The summed E-state index contributed by atoms with van der Waals surface area (Å²) in [6, 6.07) is 0. The molecule has 14 heavy (non-hydrogen) atoms. The van der Waals surface area contributed by atoms with Crippen LogP contribution in [0.2, 0.25) is 0 Å². The van der Waals surface area contributed by atoms with Gasteiger partial charge in [-0.1, -0.05) is 0 Å². The van der Waals surface area contributed by atoms with E-state index in [9.17, 15) is 4.79 Å². The fraction of sp³-hybridized carbons (Fsp3) is 0.375. The number of rotatable bonds is 3. The molecule has 0 radical (unpaired) electrons. The smallest absolute Gasteiger partial charge is 0.343 e. The lowest BCUT2D eigenvalue weighted by Crippen LogP contribution is -2.11. The quantitative estimate of drug-likeness (QED) is 0.570. The van der Waals surface area contributed by atoms with Crippen molar-refractivity contribution in [1.82, 2.24) is 9.97 Å². The zero-order chi connectivity index (χ0) is 10.6. The lowest BCUT2D eigenvalue weighted by atomic mass is 10.3.